The van der Waals surface area contributed by atoms with Crippen LogP contribution in [0.1, 0.15) is 25.3 Å². The quantitative estimate of drug-likeness (QED) is 0.660. The van der Waals surface area contributed by atoms with Crippen molar-refractivity contribution in [2.45, 2.75) is 25.2 Å². The molecule has 2 rings (SSSR count). The molecule has 1 aromatic rings. The fourth-order valence-electron chi connectivity index (χ4n) is 1.64. The van der Waals surface area contributed by atoms with Gasteiger partial charge in [-0.1, -0.05) is 0 Å². The number of aromatic nitrogens is 1. The summed E-state index contributed by atoms with van der Waals surface area (Å²) in [6.07, 6.45) is 5.51. The van der Waals surface area contributed by atoms with Crippen LogP contribution in [0.25, 0.3) is 0 Å². The van der Waals surface area contributed by atoms with Gasteiger partial charge >= 0.3 is 0 Å². The maximum absolute atomic E-state index is 11.3. The van der Waals surface area contributed by atoms with Gasteiger partial charge in [0.25, 0.3) is 0 Å². The molecule has 1 aliphatic carbocycles. The molecular formula is C10H11NO. The third-order valence-corrected chi connectivity index (χ3v) is 2.66. The van der Waals surface area contributed by atoms with Crippen LogP contribution in [-0.4, -0.2) is 10.8 Å². The lowest BCUT2D eigenvalue weighted by Crippen LogP contribution is -2.16. The second-order valence-corrected chi connectivity index (χ2v) is 3.37. The Morgan fingerprint density at radius 2 is 2.00 bits per heavy atom. The number of pyridine rings is 1. The molecule has 2 heteroatoms. The molecule has 2 nitrogen and oxygen atoms in total. The number of nitrogens with zero attached hydrogens (tertiary/aromatic N) is 1. The molecule has 0 radical (unpaired) electrons. The molecule has 62 valence electrons. The summed E-state index contributed by atoms with van der Waals surface area (Å²) in [4.78, 5) is 15.2. The van der Waals surface area contributed by atoms with Crippen LogP contribution in [0.3, 0.4) is 0 Å². The van der Waals surface area contributed by atoms with Crippen molar-refractivity contribution in [3.8, 4) is 0 Å². The highest BCUT2D eigenvalue weighted by atomic mass is 16.1. The monoisotopic (exact) mass is 161 g/mol. The Balaban J connectivity index is 2.37. The van der Waals surface area contributed by atoms with Gasteiger partial charge in [-0.3, -0.25) is 9.78 Å². The number of ketones is 1. The molecule has 0 aromatic carbocycles. The Bertz CT molecular complexity index is 301. The van der Waals surface area contributed by atoms with Crippen molar-refractivity contribution in [1.82, 2.24) is 4.98 Å². The van der Waals surface area contributed by atoms with E-state index >= 15 is 0 Å². The van der Waals surface area contributed by atoms with E-state index in [9.17, 15) is 4.79 Å². The molecule has 0 aliphatic heterocycles. The highest BCUT2D eigenvalue weighted by Crippen LogP contribution is 2.48. The van der Waals surface area contributed by atoms with E-state index in [0.29, 0.717) is 0 Å². The molecular weight excluding hydrogens is 150 g/mol. The van der Waals surface area contributed by atoms with E-state index in [0.717, 1.165) is 18.4 Å². The molecule has 0 bridgehead atoms. The predicted molar refractivity (Wildman–Crippen MR) is 45.8 cm³/mol. The topological polar surface area (TPSA) is 30.0 Å². The van der Waals surface area contributed by atoms with Gasteiger partial charge in [-0.2, -0.15) is 0 Å². The first-order valence-electron chi connectivity index (χ1n) is 4.17. The van der Waals surface area contributed by atoms with Crippen LogP contribution in [0.5, 0.6) is 0 Å². The fraction of sp³-hybridized carbons (Fsp3) is 0.400. The van der Waals surface area contributed by atoms with E-state index in [2.05, 4.69) is 4.98 Å². The number of carbonyl (C=O) groups is 1. The van der Waals surface area contributed by atoms with Crippen LogP contribution in [0.15, 0.2) is 24.5 Å². The summed E-state index contributed by atoms with van der Waals surface area (Å²) in [6, 6.07) is 3.88. The zero-order chi connectivity index (χ0) is 8.60. The molecule has 1 heterocycles. The highest BCUT2D eigenvalue weighted by molar-refractivity contribution is 5.90. The van der Waals surface area contributed by atoms with Gasteiger partial charge in [-0.15, -0.1) is 0 Å². The summed E-state index contributed by atoms with van der Waals surface area (Å²) in [6.45, 7) is 1.67. The Kier molecular flexibility index (Phi) is 1.50. The molecule has 1 aromatic heterocycles. The van der Waals surface area contributed by atoms with Crippen LogP contribution in [0.2, 0.25) is 0 Å². The predicted octanol–water partition coefficient (Wildman–Crippen LogP) is 1.70. The van der Waals surface area contributed by atoms with Crippen molar-refractivity contribution in [1.29, 1.82) is 0 Å². The molecule has 1 aliphatic rings. The maximum atomic E-state index is 11.3. The first-order valence-corrected chi connectivity index (χ1v) is 4.17. The Morgan fingerprint density at radius 3 is 2.42 bits per heavy atom. The largest absolute Gasteiger partial charge is 0.299 e. The molecule has 0 unspecified atom stereocenters. The molecule has 1 fully saturated rings. The minimum Gasteiger partial charge on any atom is -0.299 e. The van der Waals surface area contributed by atoms with Crippen molar-refractivity contribution >= 4 is 5.78 Å². The standard InChI is InChI=1S/C10H11NO/c1-8(12)10(4-5-10)9-2-6-11-7-3-9/h2-3,6-7H,4-5H2,1H3. The summed E-state index contributed by atoms with van der Waals surface area (Å²) in [7, 11) is 0. The van der Waals surface area contributed by atoms with E-state index in [1.54, 1.807) is 19.3 Å². The minimum absolute atomic E-state index is 0.136. The van der Waals surface area contributed by atoms with Crippen molar-refractivity contribution in [3.05, 3.63) is 30.1 Å². The van der Waals surface area contributed by atoms with Crippen LogP contribution in [0.4, 0.5) is 0 Å². The average molecular weight is 161 g/mol. The van der Waals surface area contributed by atoms with E-state index in [4.69, 9.17) is 0 Å². The zero-order valence-electron chi connectivity index (χ0n) is 7.08. The summed E-state index contributed by atoms with van der Waals surface area (Å²) < 4.78 is 0. The van der Waals surface area contributed by atoms with E-state index in [1.807, 2.05) is 12.1 Å². The van der Waals surface area contributed by atoms with Crippen molar-refractivity contribution in [2.24, 2.45) is 0 Å². The Labute approximate surface area is 71.6 Å². The maximum Gasteiger partial charge on any atom is 0.140 e. The minimum atomic E-state index is -0.136. The summed E-state index contributed by atoms with van der Waals surface area (Å²) >= 11 is 0. The van der Waals surface area contributed by atoms with Crippen LogP contribution in [-0.2, 0) is 10.2 Å². The number of Topliss-reactive ketones (excluding diaryl/α,β-unsaturated/α-hetero) is 1. The van der Waals surface area contributed by atoms with E-state index in [1.165, 1.54) is 0 Å². The second kappa shape index (κ2) is 2.41. The van der Waals surface area contributed by atoms with Gasteiger partial charge in [0.05, 0.1) is 5.41 Å². The number of carbonyl (C=O) groups excluding carboxylic acids is 1. The van der Waals surface area contributed by atoms with E-state index in [-0.39, 0.29) is 11.2 Å². The summed E-state index contributed by atoms with van der Waals surface area (Å²) in [5.74, 6) is 0.286. The lowest BCUT2D eigenvalue weighted by atomic mass is 9.93. The van der Waals surface area contributed by atoms with Crippen LogP contribution >= 0.6 is 0 Å². The third kappa shape index (κ3) is 0.951. The first kappa shape index (κ1) is 7.47. The summed E-state index contributed by atoms with van der Waals surface area (Å²) in [5.41, 5.74) is 0.994. The average Bonchev–Trinajstić information content (AvgIpc) is 2.86. The van der Waals surface area contributed by atoms with Crippen molar-refractivity contribution < 1.29 is 4.79 Å². The smallest absolute Gasteiger partial charge is 0.140 e. The van der Waals surface area contributed by atoms with Gasteiger partial charge in [0.2, 0.25) is 0 Å². The van der Waals surface area contributed by atoms with Gasteiger partial charge in [-0.25, -0.2) is 0 Å². The van der Waals surface area contributed by atoms with Gasteiger partial charge < -0.3 is 0 Å². The van der Waals surface area contributed by atoms with Gasteiger partial charge in [0.15, 0.2) is 0 Å². The van der Waals surface area contributed by atoms with E-state index < -0.39 is 0 Å². The number of hydrogen-bond acceptors (Lipinski definition) is 2. The molecule has 0 N–H and O–H groups in total. The fourth-order valence-corrected chi connectivity index (χ4v) is 1.64. The van der Waals surface area contributed by atoms with Gasteiger partial charge in [0.1, 0.15) is 5.78 Å². The summed E-state index contributed by atoms with van der Waals surface area (Å²) in [5, 5.41) is 0. The molecule has 0 spiro atoms. The molecule has 1 saturated carbocycles. The SMILES string of the molecule is CC(=O)C1(c2ccncc2)CC1. The molecule has 12 heavy (non-hydrogen) atoms. The van der Waals surface area contributed by atoms with Gasteiger partial charge in [-0.05, 0) is 37.5 Å². The Morgan fingerprint density at radius 1 is 1.42 bits per heavy atom. The molecule has 0 atom stereocenters. The van der Waals surface area contributed by atoms with Crippen LogP contribution < -0.4 is 0 Å². The van der Waals surface area contributed by atoms with Gasteiger partial charge in [0, 0.05) is 12.4 Å². The zero-order valence-corrected chi connectivity index (χ0v) is 7.08. The molecule has 0 amide bonds. The molecule has 0 saturated heterocycles. The third-order valence-electron chi connectivity index (χ3n) is 2.66. The lowest BCUT2D eigenvalue weighted by molar-refractivity contribution is -0.119. The Hall–Kier alpha value is -1.18. The number of rotatable bonds is 2. The second-order valence-electron chi connectivity index (χ2n) is 3.37. The van der Waals surface area contributed by atoms with Crippen molar-refractivity contribution in [2.75, 3.05) is 0 Å². The highest BCUT2D eigenvalue weighted by Gasteiger charge is 2.48. The van der Waals surface area contributed by atoms with Crippen LogP contribution in [0, 0.1) is 0 Å². The first-order chi connectivity index (χ1) is 5.76. The lowest BCUT2D eigenvalue weighted by Gasteiger charge is -2.09. The van der Waals surface area contributed by atoms with Crippen molar-refractivity contribution in [3.63, 3.8) is 0 Å². The normalized spacial score (nSPS) is 18.8. The number of hydrogen-bond donors (Lipinski definition) is 0.